The number of imide groups is 2. The van der Waals surface area contributed by atoms with E-state index in [0.29, 0.717) is 36.9 Å². The Kier molecular flexibility index (Phi) is 6.10. The first-order chi connectivity index (χ1) is 16.9. The summed E-state index contributed by atoms with van der Waals surface area (Å²) in [5, 5.41) is 3.44. The smallest absolute Gasteiger partial charge is 0.335 e. The van der Waals surface area contributed by atoms with Crippen LogP contribution in [0.4, 0.5) is 10.5 Å². The second kappa shape index (κ2) is 9.36. The van der Waals surface area contributed by atoms with Gasteiger partial charge in [0.15, 0.2) is 0 Å². The summed E-state index contributed by atoms with van der Waals surface area (Å²) >= 11 is 5.92. The minimum Gasteiger partial charge on any atom is -0.378 e. The highest BCUT2D eigenvalue weighted by atomic mass is 35.5. The van der Waals surface area contributed by atoms with E-state index < -0.39 is 17.8 Å². The van der Waals surface area contributed by atoms with E-state index in [1.165, 1.54) is 18.2 Å². The highest BCUT2D eigenvalue weighted by Crippen LogP contribution is 2.27. The number of nitrogens with zero attached hydrogens (tertiary/aromatic N) is 3. The fourth-order valence-corrected chi connectivity index (χ4v) is 4.34. The molecule has 3 aromatic rings. The first kappa shape index (κ1) is 22.8. The predicted octanol–water partition coefficient (Wildman–Crippen LogP) is 2.82. The standard InChI is InChI=1S/C25H21ClN4O5/c26-17-5-7-18(8-6-17)30-24(33)20(23(32)27-25(30)34)13-16-14-29(21-4-2-1-3-19(16)21)15-22(31)28-9-11-35-12-10-28/h1-8,13-14H,9-12,15H2,(H,27,32,34)/b20-13-. The van der Waals surface area contributed by atoms with Crippen LogP contribution in [0.3, 0.4) is 0 Å². The Labute approximate surface area is 205 Å². The van der Waals surface area contributed by atoms with Crippen molar-refractivity contribution in [1.29, 1.82) is 0 Å². The van der Waals surface area contributed by atoms with Crippen LogP contribution in [0.5, 0.6) is 0 Å². The number of hydrogen-bond donors (Lipinski definition) is 1. The van der Waals surface area contributed by atoms with Crippen LogP contribution in [-0.4, -0.2) is 59.5 Å². The van der Waals surface area contributed by atoms with Crippen LogP contribution in [0.15, 0.2) is 60.3 Å². The summed E-state index contributed by atoms with van der Waals surface area (Å²) in [5.41, 5.74) is 1.46. The van der Waals surface area contributed by atoms with Gasteiger partial charge in [0, 0.05) is 40.8 Å². The van der Waals surface area contributed by atoms with Crippen molar-refractivity contribution < 1.29 is 23.9 Å². The van der Waals surface area contributed by atoms with Gasteiger partial charge in [0.2, 0.25) is 5.91 Å². The average Bonchev–Trinajstić information content (AvgIpc) is 3.20. The number of ether oxygens (including phenoxy) is 1. The Balaban J connectivity index is 1.50. The van der Waals surface area contributed by atoms with Crippen molar-refractivity contribution in [3.05, 3.63) is 70.9 Å². The molecule has 2 aliphatic rings. The molecule has 0 aliphatic carbocycles. The second-order valence-electron chi connectivity index (χ2n) is 8.16. The van der Waals surface area contributed by atoms with E-state index in [9.17, 15) is 19.2 Å². The summed E-state index contributed by atoms with van der Waals surface area (Å²) < 4.78 is 7.12. The number of urea groups is 1. The number of amides is 5. The lowest BCUT2D eigenvalue weighted by atomic mass is 10.1. The average molecular weight is 493 g/mol. The number of carbonyl (C=O) groups is 4. The van der Waals surface area contributed by atoms with Gasteiger partial charge in [-0.3, -0.25) is 19.7 Å². The van der Waals surface area contributed by atoms with Crippen LogP contribution in [-0.2, 0) is 25.7 Å². The highest BCUT2D eigenvalue weighted by Gasteiger charge is 2.37. The molecule has 1 aromatic heterocycles. The molecular weight excluding hydrogens is 472 g/mol. The molecule has 5 rings (SSSR count). The van der Waals surface area contributed by atoms with Gasteiger partial charge in [0.25, 0.3) is 11.8 Å². The van der Waals surface area contributed by atoms with E-state index in [-0.39, 0.29) is 23.7 Å². The molecule has 9 nitrogen and oxygen atoms in total. The Morgan fingerprint density at radius 3 is 2.49 bits per heavy atom. The molecule has 0 radical (unpaired) electrons. The second-order valence-corrected chi connectivity index (χ2v) is 8.59. The molecule has 2 aromatic carbocycles. The van der Waals surface area contributed by atoms with Crippen molar-refractivity contribution >= 4 is 58.0 Å². The first-order valence-electron chi connectivity index (χ1n) is 11.0. The molecular formula is C25H21ClN4O5. The summed E-state index contributed by atoms with van der Waals surface area (Å²) in [6, 6.07) is 12.7. The fourth-order valence-electron chi connectivity index (χ4n) is 4.22. The summed E-state index contributed by atoms with van der Waals surface area (Å²) in [6.07, 6.45) is 3.19. The van der Waals surface area contributed by atoms with Crippen molar-refractivity contribution in [3.8, 4) is 0 Å². The maximum Gasteiger partial charge on any atom is 0.335 e. The van der Waals surface area contributed by atoms with Gasteiger partial charge in [0.1, 0.15) is 12.1 Å². The van der Waals surface area contributed by atoms with Gasteiger partial charge in [-0.25, -0.2) is 9.69 Å². The third-order valence-corrected chi connectivity index (χ3v) is 6.23. The molecule has 0 saturated carbocycles. The summed E-state index contributed by atoms with van der Waals surface area (Å²) in [7, 11) is 0. The lowest BCUT2D eigenvalue weighted by Gasteiger charge is -2.27. The van der Waals surface area contributed by atoms with Crippen molar-refractivity contribution in [3.63, 3.8) is 0 Å². The maximum absolute atomic E-state index is 13.2. The van der Waals surface area contributed by atoms with Gasteiger partial charge in [-0.05, 0) is 36.4 Å². The van der Waals surface area contributed by atoms with Gasteiger partial charge in [-0.1, -0.05) is 29.8 Å². The van der Waals surface area contributed by atoms with E-state index in [1.807, 2.05) is 24.3 Å². The SMILES string of the molecule is O=C1NC(=O)N(c2ccc(Cl)cc2)C(=O)/C1=C\c1cn(CC(=O)N2CCOCC2)c2ccccc12. The molecule has 1 N–H and O–H groups in total. The third-order valence-electron chi connectivity index (χ3n) is 5.98. The molecule has 0 atom stereocenters. The van der Waals surface area contributed by atoms with Crippen LogP contribution in [0.25, 0.3) is 17.0 Å². The molecule has 0 unspecified atom stereocenters. The van der Waals surface area contributed by atoms with Gasteiger partial charge >= 0.3 is 6.03 Å². The lowest BCUT2D eigenvalue weighted by Crippen LogP contribution is -2.54. The molecule has 3 heterocycles. The number of barbiturate groups is 1. The Hall–Kier alpha value is -3.95. The number of nitrogens with one attached hydrogen (secondary N) is 1. The zero-order chi connectivity index (χ0) is 24.5. The molecule has 5 amide bonds. The number of para-hydroxylation sites is 1. The van der Waals surface area contributed by atoms with Crippen molar-refractivity contribution in [2.45, 2.75) is 6.54 Å². The maximum atomic E-state index is 13.2. The fraction of sp³-hybridized carbons (Fsp3) is 0.200. The summed E-state index contributed by atoms with van der Waals surface area (Å²) in [6.45, 7) is 2.21. The molecule has 2 aliphatic heterocycles. The number of hydrogen-bond acceptors (Lipinski definition) is 5. The predicted molar refractivity (Wildman–Crippen MR) is 130 cm³/mol. The van der Waals surface area contributed by atoms with Gasteiger partial charge in [0.05, 0.1) is 18.9 Å². The Morgan fingerprint density at radius 1 is 1.03 bits per heavy atom. The molecule has 0 spiro atoms. The molecule has 0 bridgehead atoms. The monoisotopic (exact) mass is 492 g/mol. The Morgan fingerprint density at radius 2 is 1.74 bits per heavy atom. The van der Waals surface area contributed by atoms with Crippen LogP contribution in [0, 0.1) is 0 Å². The highest BCUT2D eigenvalue weighted by molar-refractivity contribution is 6.39. The number of aromatic nitrogens is 1. The normalized spacial score (nSPS) is 17.9. The number of benzene rings is 2. The topological polar surface area (TPSA) is 101 Å². The van der Waals surface area contributed by atoms with Crippen LogP contribution < -0.4 is 10.2 Å². The molecule has 10 heteroatoms. The number of rotatable bonds is 4. The van der Waals surface area contributed by atoms with Gasteiger partial charge in [-0.15, -0.1) is 0 Å². The summed E-state index contributed by atoms with van der Waals surface area (Å²) in [4.78, 5) is 53.8. The molecule has 35 heavy (non-hydrogen) atoms. The van der Waals surface area contributed by atoms with Crippen LogP contribution in [0.2, 0.25) is 5.02 Å². The molecule has 178 valence electrons. The van der Waals surface area contributed by atoms with Gasteiger partial charge < -0.3 is 14.2 Å². The van der Waals surface area contributed by atoms with E-state index >= 15 is 0 Å². The summed E-state index contributed by atoms with van der Waals surface area (Å²) in [5.74, 6) is -1.58. The van der Waals surface area contributed by atoms with Crippen LogP contribution >= 0.6 is 11.6 Å². The zero-order valence-corrected chi connectivity index (χ0v) is 19.3. The van der Waals surface area contributed by atoms with Gasteiger partial charge in [-0.2, -0.15) is 0 Å². The van der Waals surface area contributed by atoms with Crippen molar-refractivity contribution in [2.24, 2.45) is 0 Å². The minimum absolute atomic E-state index is 0.0424. The van der Waals surface area contributed by atoms with Crippen LogP contribution in [0.1, 0.15) is 5.56 Å². The number of fused-ring (bicyclic) bond motifs is 1. The quantitative estimate of drug-likeness (QED) is 0.446. The number of carbonyl (C=O) groups excluding carboxylic acids is 4. The van der Waals surface area contributed by atoms with Crippen molar-refractivity contribution in [2.75, 3.05) is 31.2 Å². The number of morpholine rings is 1. The Bertz CT molecular complexity index is 1370. The largest absolute Gasteiger partial charge is 0.378 e. The molecule has 2 saturated heterocycles. The number of halogens is 1. The van der Waals surface area contributed by atoms with E-state index in [4.69, 9.17) is 16.3 Å². The van der Waals surface area contributed by atoms with E-state index in [2.05, 4.69) is 5.32 Å². The lowest BCUT2D eigenvalue weighted by molar-refractivity contribution is -0.135. The molecule has 2 fully saturated rings. The van der Waals surface area contributed by atoms with Crippen molar-refractivity contribution in [1.82, 2.24) is 14.8 Å². The third kappa shape index (κ3) is 4.43. The zero-order valence-electron chi connectivity index (χ0n) is 18.6. The first-order valence-corrected chi connectivity index (χ1v) is 11.4. The van der Waals surface area contributed by atoms with E-state index in [1.54, 1.807) is 27.8 Å². The van der Waals surface area contributed by atoms with E-state index in [0.717, 1.165) is 15.8 Å². The number of anilines is 1. The minimum atomic E-state index is -0.835.